The molecule has 2 N–H and O–H groups in total. The Morgan fingerprint density at radius 3 is 2.79 bits per heavy atom. The maximum atomic E-state index is 10.9. The molecule has 0 spiro atoms. The Labute approximate surface area is 110 Å². The lowest BCUT2D eigenvalue weighted by molar-refractivity contribution is 0.0690. The van der Waals surface area contributed by atoms with Crippen LogP contribution >= 0.6 is 0 Å². The van der Waals surface area contributed by atoms with Gasteiger partial charge in [0, 0.05) is 18.4 Å². The molecule has 19 heavy (non-hydrogen) atoms. The number of aromatic nitrogens is 1. The molecule has 0 amide bonds. The summed E-state index contributed by atoms with van der Waals surface area (Å²) in [5, 5.41) is 12.0. The van der Waals surface area contributed by atoms with Gasteiger partial charge < -0.3 is 15.2 Å². The zero-order chi connectivity index (χ0) is 13.7. The SMILES string of the molecule is COCc1ccccc1Nc1cccc(C(=O)O)n1. The molecule has 2 rings (SSSR count). The summed E-state index contributed by atoms with van der Waals surface area (Å²) in [7, 11) is 1.63. The summed E-state index contributed by atoms with van der Waals surface area (Å²) in [5.74, 6) is -0.558. The first kappa shape index (κ1) is 13.0. The third-order valence-electron chi connectivity index (χ3n) is 2.55. The molecule has 98 valence electrons. The summed E-state index contributed by atoms with van der Waals surface area (Å²) in [4.78, 5) is 14.9. The van der Waals surface area contributed by atoms with Gasteiger partial charge in [0.15, 0.2) is 5.69 Å². The molecule has 0 aliphatic rings. The maximum Gasteiger partial charge on any atom is 0.354 e. The Hall–Kier alpha value is -2.40. The monoisotopic (exact) mass is 258 g/mol. The number of hydrogen-bond acceptors (Lipinski definition) is 4. The average Bonchev–Trinajstić information content (AvgIpc) is 2.41. The number of hydrogen-bond donors (Lipinski definition) is 2. The molecule has 1 aromatic carbocycles. The third kappa shape index (κ3) is 3.29. The van der Waals surface area contributed by atoms with E-state index in [9.17, 15) is 4.79 Å². The number of benzene rings is 1. The van der Waals surface area contributed by atoms with E-state index in [-0.39, 0.29) is 5.69 Å². The molecule has 1 aromatic heterocycles. The number of aromatic carboxylic acids is 1. The highest BCUT2D eigenvalue weighted by atomic mass is 16.5. The lowest BCUT2D eigenvalue weighted by atomic mass is 10.2. The molecule has 0 aliphatic carbocycles. The van der Waals surface area contributed by atoms with Crippen LogP contribution in [0.2, 0.25) is 0 Å². The van der Waals surface area contributed by atoms with Crippen LogP contribution in [-0.4, -0.2) is 23.2 Å². The predicted molar refractivity (Wildman–Crippen MR) is 71.6 cm³/mol. The van der Waals surface area contributed by atoms with Crippen LogP contribution in [0.3, 0.4) is 0 Å². The molecule has 5 nitrogen and oxygen atoms in total. The molecular formula is C14H14N2O3. The van der Waals surface area contributed by atoms with E-state index in [2.05, 4.69) is 10.3 Å². The van der Waals surface area contributed by atoms with Crippen molar-refractivity contribution >= 4 is 17.5 Å². The minimum Gasteiger partial charge on any atom is -0.477 e. The van der Waals surface area contributed by atoms with Crippen molar-refractivity contribution in [1.82, 2.24) is 4.98 Å². The van der Waals surface area contributed by atoms with Gasteiger partial charge in [-0.05, 0) is 18.2 Å². The highest BCUT2D eigenvalue weighted by Crippen LogP contribution is 2.20. The van der Waals surface area contributed by atoms with Crippen LogP contribution < -0.4 is 5.32 Å². The van der Waals surface area contributed by atoms with Crippen molar-refractivity contribution in [3.05, 3.63) is 53.7 Å². The van der Waals surface area contributed by atoms with E-state index in [4.69, 9.17) is 9.84 Å². The Bertz CT molecular complexity index is 584. The van der Waals surface area contributed by atoms with Crippen LogP contribution in [0.15, 0.2) is 42.5 Å². The molecule has 0 atom stereocenters. The van der Waals surface area contributed by atoms with E-state index < -0.39 is 5.97 Å². The van der Waals surface area contributed by atoms with Crippen LogP contribution in [0.25, 0.3) is 0 Å². The van der Waals surface area contributed by atoms with Gasteiger partial charge in [-0.25, -0.2) is 9.78 Å². The molecule has 0 bridgehead atoms. The molecule has 2 aromatic rings. The van der Waals surface area contributed by atoms with Crippen molar-refractivity contribution in [1.29, 1.82) is 0 Å². The fourth-order valence-corrected chi connectivity index (χ4v) is 1.69. The number of pyridine rings is 1. The first-order valence-electron chi connectivity index (χ1n) is 5.75. The highest BCUT2D eigenvalue weighted by molar-refractivity contribution is 5.85. The Morgan fingerprint density at radius 2 is 2.05 bits per heavy atom. The van der Waals surface area contributed by atoms with Gasteiger partial charge in [0.1, 0.15) is 5.82 Å². The highest BCUT2D eigenvalue weighted by Gasteiger charge is 2.06. The van der Waals surface area contributed by atoms with Gasteiger partial charge in [0.2, 0.25) is 0 Å². The van der Waals surface area contributed by atoms with Gasteiger partial charge in [-0.2, -0.15) is 0 Å². The number of methoxy groups -OCH3 is 1. The Morgan fingerprint density at radius 1 is 1.26 bits per heavy atom. The van der Waals surface area contributed by atoms with Crippen LogP contribution in [0, 0.1) is 0 Å². The smallest absolute Gasteiger partial charge is 0.354 e. The normalized spacial score (nSPS) is 10.2. The van der Waals surface area contributed by atoms with Gasteiger partial charge in [-0.15, -0.1) is 0 Å². The van der Waals surface area contributed by atoms with Crippen molar-refractivity contribution in [3.63, 3.8) is 0 Å². The minimum atomic E-state index is -1.05. The quantitative estimate of drug-likeness (QED) is 0.862. The van der Waals surface area contributed by atoms with Crippen LogP contribution in [0.1, 0.15) is 16.1 Å². The molecule has 0 saturated heterocycles. The van der Waals surface area contributed by atoms with Gasteiger partial charge >= 0.3 is 5.97 Å². The lowest BCUT2D eigenvalue weighted by Gasteiger charge is -2.11. The van der Waals surface area contributed by atoms with Gasteiger partial charge in [0.25, 0.3) is 0 Å². The summed E-state index contributed by atoms with van der Waals surface area (Å²) in [6.45, 7) is 0.474. The number of anilines is 2. The molecule has 0 saturated carbocycles. The van der Waals surface area contributed by atoms with Crippen LogP contribution in [-0.2, 0) is 11.3 Å². The number of para-hydroxylation sites is 1. The fraction of sp³-hybridized carbons (Fsp3) is 0.143. The van der Waals surface area contributed by atoms with Crippen molar-refractivity contribution in [2.75, 3.05) is 12.4 Å². The van der Waals surface area contributed by atoms with Crippen molar-refractivity contribution < 1.29 is 14.6 Å². The lowest BCUT2D eigenvalue weighted by Crippen LogP contribution is -2.04. The van der Waals surface area contributed by atoms with E-state index in [1.54, 1.807) is 19.2 Å². The van der Waals surface area contributed by atoms with E-state index in [0.29, 0.717) is 12.4 Å². The third-order valence-corrected chi connectivity index (χ3v) is 2.55. The standard InChI is InChI=1S/C14H14N2O3/c1-19-9-10-5-2-3-6-11(10)15-13-8-4-7-12(16-13)14(17)18/h2-8H,9H2,1H3,(H,15,16)(H,17,18). The average molecular weight is 258 g/mol. The second kappa shape index (κ2) is 5.97. The number of rotatable bonds is 5. The number of carbonyl (C=O) groups is 1. The van der Waals surface area contributed by atoms with Crippen molar-refractivity contribution in [2.45, 2.75) is 6.61 Å². The largest absolute Gasteiger partial charge is 0.477 e. The predicted octanol–water partition coefficient (Wildman–Crippen LogP) is 2.67. The summed E-state index contributed by atoms with van der Waals surface area (Å²) in [6, 6.07) is 12.5. The molecule has 0 aliphatic heterocycles. The molecule has 0 radical (unpaired) electrons. The first-order valence-corrected chi connectivity index (χ1v) is 5.75. The summed E-state index contributed by atoms with van der Waals surface area (Å²) in [6.07, 6.45) is 0. The topological polar surface area (TPSA) is 71.5 Å². The summed E-state index contributed by atoms with van der Waals surface area (Å²) in [5.41, 5.74) is 1.83. The molecule has 5 heteroatoms. The van der Waals surface area contributed by atoms with Gasteiger partial charge in [-0.3, -0.25) is 0 Å². The number of nitrogens with one attached hydrogen (secondary N) is 1. The van der Waals surface area contributed by atoms with E-state index in [1.165, 1.54) is 6.07 Å². The van der Waals surface area contributed by atoms with Crippen LogP contribution in [0.5, 0.6) is 0 Å². The molecule has 0 unspecified atom stereocenters. The number of carboxylic acid groups (broad SMARTS) is 1. The Balaban J connectivity index is 2.26. The van der Waals surface area contributed by atoms with Crippen LogP contribution in [0.4, 0.5) is 11.5 Å². The zero-order valence-corrected chi connectivity index (χ0v) is 10.5. The van der Waals surface area contributed by atoms with Crippen molar-refractivity contribution in [3.8, 4) is 0 Å². The number of nitrogens with zero attached hydrogens (tertiary/aromatic N) is 1. The Kier molecular flexibility index (Phi) is 4.10. The second-order valence-corrected chi connectivity index (χ2v) is 3.93. The molecular weight excluding hydrogens is 244 g/mol. The molecule has 0 fully saturated rings. The first-order chi connectivity index (χ1) is 9.20. The van der Waals surface area contributed by atoms with E-state index in [1.807, 2.05) is 24.3 Å². The molecule has 1 heterocycles. The van der Waals surface area contributed by atoms with E-state index in [0.717, 1.165) is 11.3 Å². The fourth-order valence-electron chi connectivity index (χ4n) is 1.69. The number of carboxylic acids is 1. The minimum absolute atomic E-state index is 0.00854. The van der Waals surface area contributed by atoms with E-state index >= 15 is 0 Å². The second-order valence-electron chi connectivity index (χ2n) is 3.93. The zero-order valence-electron chi connectivity index (χ0n) is 10.5. The summed E-state index contributed by atoms with van der Waals surface area (Å²) < 4.78 is 5.11. The maximum absolute atomic E-state index is 10.9. The van der Waals surface area contributed by atoms with Crippen molar-refractivity contribution in [2.24, 2.45) is 0 Å². The summed E-state index contributed by atoms with van der Waals surface area (Å²) >= 11 is 0. The van der Waals surface area contributed by atoms with Gasteiger partial charge in [-0.1, -0.05) is 24.3 Å². The van der Waals surface area contributed by atoms with Gasteiger partial charge in [0.05, 0.1) is 6.61 Å². The number of ether oxygens (including phenoxy) is 1.